The summed E-state index contributed by atoms with van der Waals surface area (Å²) in [6.45, 7) is 4.31. The van der Waals surface area contributed by atoms with Crippen molar-refractivity contribution in [1.82, 2.24) is 4.90 Å². The van der Waals surface area contributed by atoms with E-state index in [-0.39, 0.29) is 6.10 Å². The summed E-state index contributed by atoms with van der Waals surface area (Å²) in [7, 11) is 0. The summed E-state index contributed by atoms with van der Waals surface area (Å²) in [4.78, 5) is 2.61. The van der Waals surface area contributed by atoms with Gasteiger partial charge >= 0.3 is 0 Å². The van der Waals surface area contributed by atoms with Gasteiger partial charge in [-0.05, 0) is 24.4 Å². The van der Waals surface area contributed by atoms with Crippen LogP contribution >= 0.6 is 0 Å². The second-order valence-corrected chi connectivity index (χ2v) is 6.36. The summed E-state index contributed by atoms with van der Waals surface area (Å²) in [5.74, 6) is 0.988. The molecule has 1 saturated heterocycles. The fraction of sp³-hybridized carbons (Fsp3) is 0.667. The van der Waals surface area contributed by atoms with Crippen LogP contribution in [0.4, 0.5) is 0 Å². The minimum Gasteiger partial charge on any atom is -0.371 e. The molecule has 3 rings (SSSR count). The maximum Gasteiger partial charge on any atom is 0.0952 e. The average molecular weight is 273 g/mol. The number of hydrogen-bond acceptors (Lipinski definition) is 2. The predicted molar refractivity (Wildman–Crippen MR) is 82.8 cm³/mol. The highest BCUT2D eigenvalue weighted by atomic mass is 16.5. The van der Waals surface area contributed by atoms with Gasteiger partial charge in [0.05, 0.1) is 12.7 Å². The summed E-state index contributed by atoms with van der Waals surface area (Å²) in [6, 6.07) is 10.7. The zero-order valence-electron chi connectivity index (χ0n) is 12.5. The first-order valence-electron chi connectivity index (χ1n) is 8.31. The van der Waals surface area contributed by atoms with Gasteiger partial charge in [-0.3, -0.25) is 4.90 Å². The first-order valence-corrected chi connectivity index (χ1v) is 8.31. The largest absolute Gasteiger partial charge is 0.371 e. The monoisotopic (exact) mass is 273 g/mol. The van der Waals surface area contributed by atoms with Gasteiger partial charge in [0, 0.05) is 13.1 Å². The van der Waals surface area contributed by atoms with Gasteiger partial charge in [-0.15, -0.1) is 0 Å². The molecule has 0 amide bonds. The summed E-state index contributed by atoms with van der Waals surface area (Å²) < 4.78 is 5.94. The third kappa shape index (κ3) is 3.83. The van der Waals surface area contributed by atoms with E-state index in [1.807, 2.05) is 0 Å². The highest BCUT2D eigenvalue weighted by molar-refractivity contribution is 5.18. The molecule has 1 aromatic carbocycles. The van der Waals surface area contributed by atoms with Crippen LogP contribution in [0.2, 0.25) is 0 Å². The number of ether oxygens (including phenoxy) is 1. The molecule has 1 aliphatic carbocycles. The van der Waals surface area contributed by atoms with Crippen LogP contribution in [0.5, 0.6) is 0 Å². The van der Waals surface area contributed by atoms with E-state index in [9.17, 15) is 0 Å². The van der Waals surface area contributed by atoms with Crippen molar-refractivity contribution in [3.8, 4) is 0 Å². The summed E-state index contributed by atoms with van der Waals surface area (Å²) in [5, 5.41) is 0. The fourth-order valence-corrected chi connectivity index (χ4v) is 3.62. The SMILES string of the molecule is c1ccc(C2CN(CCC3CCCCC3)CCO2)cc1. The molecule has 2 nitrogen and oxygen atoms in total. The molecule has 1 saturated carbocycles. The maximum absolute atomic E-state index is 5.94. The molecule has 110 valence electrons. The highest BCUT2D eigenvalue weighted by Crippen LogP contribution is 2.27. The number of morpholine rings is 1. The first kappa shape index (κ1) is 14.1. The van der Waals surface area contributed by atoms with Crippen molar-refractivity contribution in [2.24, 2.45) is 5.92 Å². The Bertz CT molecular complexity index is 386. The second-order valence-electron chi connectivity index (χ2n) is 6.36. The number of hydrogen-bond donors (Lipinski definition) is 0. The van der Waals surface area contributed by atoms with Crippen molar-refractivity contribution in [3.05, 3.63) is 35.9 Å². The van der Waals surface area contributed by atoms with Crippen molar-refractivity contribution < 1.29 is 4.74 Å². The Morgan fingerprint density at radius 3 is 2.65 bits per heavy atom. The van der Waals surface area contributed by atoms with Crippen molar-refractivity contribution in [3.63, 3.8) is 0 Å². The minimum absolute atomic E-state index is 0.274. The van der Waals surface area contributed by atoms with E-state index in [4.69, 9.17) is 4.74 Å². The average Bonchev–Trinajstić information content (AvgIpc) is 2.55. The number of rotatable bonds is 4. The molecule has 1 aromatic rings. The smallest absolute Gasteiger partial charge is 0.0952 e. The Labute approximate surface area is 123 Å². The predicted octanol–water partition coefficient (Wildman–Crippen LogP) is 4.03. The Balaban J connectivity index is 1.48. The van der Waals surface area contributed by atoms with E-state index < -0.39 is 0 Å². The van der Waals surface area contributed by atoms with E-state index in [0.29, 0.717) is 0 Å². The van der Waals surface area contributed by atoms with Crippen LogP contribution in [0, 0.1) is 5.92 Å². The van der Waals surface area contributed by atoms with Gasteiger partial charge in [-0.2, -0.15) is 0 Å². The van der Waals surface area contributed by atoms with Crippen LogP contribution < -0.4 is 0 Å². The van der Waals surface area contributed by atoms with Crippen LogP contribution in [0.25, 0.3) is 0 Å². The molecule has 0 aromatic heterocycles. The molecule has 0 radical (unpaired) electrons. The lowest BCUT2D eigenvalue weighted by molar-refractivity contribution is -0.0317. The lowest BCUT2D eigenvalue weighted by atomic mass is 9.87. The zero-order chi connectivity index (χ0) is 13.6. The topological polar surface area (TPSA) is 12.5 Å². The van der Waals surface area contributed by atoms with Crippen LogP contribution in [0.3, 0.4) is 0 Å². The molecule has 1 unspecified atom stereocenters. The van der Waals surface area contributed by atoms with E-state index in [2.05, 4.69) is 35.2 Å². The lowest BCUT2D eigenvalue weighted by Crippen LogP contribution is -2.39. The van der Waals surface area contributed by atoms with Gasteiger partial charge in [-0.25, -0.2) is 0 Å². The molecule has 1 aliphatic heterocycles. The zero-order valence-corrected chi connectivity index (χ0v) is 12.5. The standard InChI is InChI=1S/C18H27NO/c1-3-7-16(8-4-1)11-12-19-13-14-20-18(15-19)17-9-5-2-6-10-17/h2,5-6,9-10,16,18H,1,3-4,7-8,11-15H2. The summed E-state index contributed by atoms with van der Waals surface area (Å²) in [5.41, 5.74) is 1.33. The molecule has 0 bridgehead atoms. The van der Waals surface area contributed by atoms with Gasteiger partial charge in [-0.1, -0.05) is 62.4 Å². The van der Waals surface area contributed by atoms with Crippen molar-refractivity contribution in [1.29, 1.82) is 0 Å². The Hall–Kier alpha value is -0.860. The molecule has 1 heterocycles. The van der Waals surface area contributed by atoms with Crippen LogP contribution in [-0.2, 0) is 4.74 Å². The van der Waals surface area contributed by atoms with Crippen molar-refractivity contribution >= 4 is 0 Å². The van der Waals surface area contributed by atoms with Crippen LogP contribution in [-0.4, -0.2) is 31.1 Å². The summed E-state index contributed by atoms with van der Waals surface area (Å²) >= 11 is 0. The van der Waals surface area contributed by atoms with E-state index in [0.717, 1.165) is 25.6 Å². The van der Waals surface area contributed by atoms with Crippen molar-refractivity contribution in [2.45, 2.75) is 44.6 Å². The number of nitrogens with zero attached hydrogens (tertiary/aromatic N) is 1. The van der Waals surface area contributed by atoms with E-state index >= 15 is 0 Å². The Morgan fingerprint density at radius 1 is 1.05 bits per heavy atom. The first-order chi connectivity index (χ1) is 9.92. The fourth-order valence-electron chi connectivity index (χ4n) is 3.62. The molecular weight excluding hydrogens is 246 g/mol. The Kier molecular flexibility index (Phi) is 5.10. The van der Waals surface area contributed by atoms with Crippen LogP contribution in [0.1, 0.15) is 50.2 Å². The quantitative estimate of drug-likeness (QED) is 0.821. The van der Waals surface area contributed by atoms with Crippen LogP contribution in [0.15, 0.2) is 30.3 Å². The molecule has 0 N–H and O–H groups in total. The molecule has 0 spiro atoms. The molecule has 1 atom stereocenters. The normalized spacial score (nSPS) is 25.7. The van der Waals surface area contributed by atoms with Gasteiger partial charge in [0.1, 0.15) is 0 Å². The lowest BCUT2D eigenvalue weighted by Gasteiger charge is -2.34. The summed E-state index contributed by atoms with van der Waals surface area (Å²) in [6.07, 6.45) is 8.97. The molecule has 20 heavy (non-hydrogen) atoms. The molecular formula is C18H27NO. The molecule has 2 aliphatic rings. The van der Waals surface area contributed by atoms with E-state index in [1.165, 1.54) is 50.6 Å². The Morgan fingerprint density at radius 2 is 1.85 bits per heavy atom. The minimum atomic E-state index is 0.274. The molecule has 2 heteroatoms. The van der Waals surface area contributed by atoms with Gasteiger partial charge < -0.3 is 4.74 Å². The van der Waals surface area contributed by atoms with Crippen molar-refractivity contribution in [2.75, 3.05) is 26.2 Å². The second kappa shape index (κ2) is 7.24. The van der Waals surface area contributed by atoms with E-state index in [1.54, 1.807) is 0 Å². The third-order valence-corrected chi connectivity index (χ3v) is 4.90. The molecule has 2 fully saturated rings. The van der Waals surface area contributed by atoms with Gasteiger partial charge in [0.15, 0.2) is 0 Å². The highest BCUT2D eigenvalue weighted by Gasteiger charge is 2.22. The maximum atomic E-state index is 5.94. The van der Waals surface area contributed by atoms with Gasteiger partial charge in [0.2, 0.25) is 0 Å². The third-order valence-electron chi connectivity index (χ3n) is 4.90. The number of benzene rings is 1. The van der Waals surface area contributed by atoms with Gasteiger partial charge in [0.25, 0.3) is 0 Å².